The quantitative estimate of drug-likeness (QED) is 0.0397. The fourth-order valence-electron chi connectivity index (χ4n) is 10.6. The molecule has 0 aliphatic carbocycles. The second-order valence-corrected chi connectivity index (χ2v) is 28.7. The lowest BCUT2D eigenvalue weighted by Gasteiger charge is -2.35. The number of unbranched alkanes of at least 4 members (excludes halogenated alkanes) is 8. The second-order valence-electron chi connectivity index (χ2n) is 19.1. The van der Waals surface area contributed by atoms with Gasteiger partial charge in [0.25, 0.3) is 0 Å². The molecule has 0 saturated carbocycles. The topological polar surface area (TPSA) is 77.3 Å². The summed E-state index contributed by atoms with van der Waals surface area (Å²) >= 11 is 10.4. The molecule has 2 unspecified atom stereocenters. The Morgan fingerprint density at radius 1 is 0.463 bits per heavy atom. The van der Waals surface area contributed by atoms with Gasteiger partial charge in [-0.1, -0.05) is 131 Å². The highest BCUT2D eigenvalue weighted by molar-refractivity contribution is 7.31. The number of nitrogens with zero attached hydrogens (tertiary/aromatic N) is 6. The predicted octanol–water partition coefficient (Wildman–Crippen LogP) is 17.6. The van der Waals surface area contributed by atoms with E-state index >= 15 is 0 Å². The summed E-state index contributed by atoms with van der Waals surface area (Å²) in [7, 11) is -2.32. The third kappa shape index (κ3) is 10.3. The first-order valence-corrected chi connectivity index (χ1v) is 32.8. The van der Waals surface area contributed by atoms with Crippen molar-refractivity contribution in [1.82, 2.24) is 27.5 Å². The minimum atomic E-state index is -2.32. The van der Waals surface area contributed by atoms with E-state index in [1.54, 1.807) is 10.4 Å². The van der Waals surface area contributed by atoms with Crippen molar-refractivity contribution in [2.24, 2.45) is 11.8 Å². The number of pyridine rings is 2. The zero-order chi connectivity index (χ0) is 46.3. The SMILES string of the molecule is CCCCCCc1ccc(-c2cnc(-c3cc4c(s3)-c3sc(-c5ncc(-c6ccc(CCCCCC)s6)c6nsnc56)cc3[Si]4(CC(CC)CCCC)CC(CC)CCCC)c3nsnc23)s1. The van der Waals surface area contributed by atoms with E-state index in [0.29, 0.717) is 11.8 Å². The van der Waals surface area contributed by atoms with E-state index in [-0.39, 0.29) is 0 Å². The third-order valence-electron chi connectivity index (χ3n) is 14.5. The third-order valence-corrected chi connectivity index (χ3v) is 26.1. The van der Waals surface area contributed by atoms with E-state index in [9.17, 15) is 0 Å². The summed E-state index contributed by atoms with van der Waals surface area (Å²) in [6.07, 6.45) is 26.9. The van der Waals surface area contributed by atoms with Crippen molar-refractivity contribution < 1.29 is 0 Å². The van der Waals surface area contributed by atoms with Gasteiger partial charge in [-0.2, -0.15) is 17.5 Å². The number of aryl methyl sites for hydroxylation is 2. The van der Waals surface area contributed by atoms with Gasteiger partial charge >= 0.3 is 0 Å². The molecule has 0 saturated heterocycles. The van der Waals surface area contributed by atoms with Gasteiger partial charge in [-0.3, -0.25) is 9.97 Å². The Balaban J connectivity index is 1.14. The van der Waals surface area contributed by atoms with Crippen LogP contribution in [0.1, 0.15) is 154 Å². The van der Waals surface area contributed by atoms with Crippen molar-refractivity contribution in [2.75, 3.05) is 0 Å². The van der Waals surface area contributed by atoms with E-state index < -0.39 is 8.07 Å². The van der Waals surface area contributed by atoms with Gasteiger partial charge in [0.2, 0.25) is 0 Å². The first-order valence-electron chi connectivity index (χ1n) is 25.6. The van der Waals surface area contributed by atoms with Gasteiger partial charge in [-0.25, -0.2) is 0 Å². The molecule has 8 aromatic rings. The van der Waals surface area contributed by atoms with Crippen LogP contribution in [0.15, 0.2) is 48.8 Å². The summed E-state index contributed by atoms with van der Waals surface area (Å²) in [5.74, 6) is 1.40. The summed E-state index contributed by atoms with van der Waals surface area (Å²) in [4.78, 5) is 21.5. The number of rotatable bonds is 26. The Morgan fingerprint density at radius 3 is 1.31 bits per heavy atom. The van der Waals surface area contributed by atoms with Crippen LogP contribution in [0, 0.1) is 11.8 Å². The highest BCUT2D eigenvalue weighted by Crippen LogP contribution is 2.50. The standard InChI is InChI=1S/C54H68N6S6Si/c1-7-13-17-19-23-37-25-27-41(61-37)39-31-55-49(51-47(39)57-65-59-51)43-29-45-53(63-43)54-46(67(45,33-35(11-5)21-15-9-3)34-36(12-6)22-16-10-4)30-44(64-54)50-52-48(58-66-60-52)40(32-56-50)42-28-26-38(62-42)24-20-18-14-8-2/h25-32,35-36H,7-24,33-34H2,1-6H3. The normalized spacial score (nSPS) is 14.1. The Kier molecular flexibility index (Phi) is 16.7. The molecule has 8 aromatic heterocycles. The van der Waals surface area contributed by atoms with Crippen molar-refractivity contribution in [3.8, 4) is 51.8 Å². The van der Waals surface area contributed by atoms with Gasteiger partial charge < -0.3 is 0 Å². The van der Waals surface area contributed by atoms with Crippen molar-refractivity contribution >= 4 is 109 Å². The zero-order valence-corrected chi connectivity index (χ0v) is 46.4. The zero-order valence-electron chi connectivity index (χ0n) is 40.5. The number of fused-ring (bicyclic) bond motifs is 5. The molecule has 13 heteroatoms. The van der Waals surface area contributed by atoms with Gasteiger partial charge in [0.05, 0.1) is 33.2 Å². The Labute approximate surface area is 424 Å². The lowest BCUT2D eigenvalue weighted by Crippen LogP contribution is -2.56. The molecule has 0 fully saturated rings. The van der Waals surface area contributed by atoms with Crippen LogP contribution in [0.4, 0.5) is 0 Å². The van der Waals surface area contributed by atoms with Crippen LogP contribution in [0.3, 0.4) is 0 Å². The lowest BCUT2D eigenvalue weighted by molar-refractivity contribution is 0.469. The van der Waals surface area contributed by atoms with Crippen LogP contribution in [-0.4, -0.2) is 35.5 Å². The monoisotopic (exact) mass is 1020 g/mol. The first kappa shape index (κ1) is 49.0. The molecule has 9 rings (SSSR count). The summed E-state index contributed by atoms with van der Waals surface area (Å²) in [5.41, 5.74) is 8.08. The van der Waals surface area contributed by atoms with E-state index in [1.807, 2.05) is 45.3 Å². The Hall–Kier alpha value is -3.04. The molecule has 0 spiro atoms. The van der Waals surface area contributed by atoms with E-state index in [1.165, 1.54) is 177 Å². The minimum Gasteiger partial charge on any atom is -0.252 e. The molecule has 6 nitrogen and oxygen atoms in total. The smallest absolute Gasteiger partial charge is 0.132 e. The molecule has 67 heavy (non-hydrogen) atoms. The van der Waals surface area contributed by atoms with Gasteiger partial charge in [0.1, 0.15) is 41.5 Å². The van der Waals surface area contributed by atoms with Crippen molar-refractivity contribution in [1.29, 1.82) is 0 Å². The maximum absolute atomic E-state index is 5.33. The maximum Gasteiger partial charge on any atom is 0.132 e. The summed E-state index contributed by atoms with van der Waals surface area (Å²) in [6.45, 7) is 14.2. The predicted molar refractivity (Wildman–Crippen MR) is 300 cm³/mol. The largest absolute Gasteiger partial charge is 0.252 e. The molecule has 0 N–H and O–H groups in total. The number of hydrogen-bond donors (Lipinski definition) is 0. The molecule has 354 valence electrons. The second kappa shape index (κ2) is 22.8. The fourth-order valence-corrected chi connectivity index (χ4v) is 24.3. The van der Waals surface area contributed by atoms with Gasteiger partial charge in [0.15, 0.2) is 0 Å². The molecule has 1 aliphatic rings. The van der Waals surface area contributed by atoms with E-state index in [2.05, 4.69) is 90.3 Å². The molecule has 1 aliphatic heterocycles. The summed E-state index contributed by atoms with van der Waals surface area (Å²) in [6, 6.07) is 17.0. The Morgan fingerprint density at radius 2 is 0.896 bits per heavy atom. The minimum absolute atomic E-state index is 0.698. The average molecular weight is 1020 g/mol. The van der Waals surface area contributed by atoms with E-state index in [4.69, 9.17) is 27.5 Å². The van der Waals surface area contributed by atoms with Crippen LogP contribution < -0.4 is 10.4 Å². The molecule has 0 bridgehead atoms. The number of thiophene rings is 4. The van der Waals surface area contributed by atoms with Crippen LogP contribution in [0.5, 0.6) is 0 Å². The van der Waals surface area contributed by atoms with E-state index in [0.717, 1.165) is 57.4 Å². The molecule has 0 radical (unpaired) electrons. The van der Waals surface area contributed by atoms with Crippen LogP contribution in [0.25, 0.3) is 73.8 Å². The molecular weight excluding hydrogens is 953 g/mol. The Bertz CT molecular complexity index is 2670. The molecular formula is C54H68N6S6Si. The maximum atomic E-state index is 5.33. The summed E-state index contributed by atoms with van der Waals surface area (Å²) in [5, 5.41) is 3.32. The molecule has 0 aromatic carbocycles. The molecule has 9 heterocycles. The van der Waals surface area contributed by atoms with Crippen molar-refractivity contribution in [2.45, 2.75) is 169 Å². The molecule has 2 atom stereocenters. The van der Waals surface area contributed by atoms with Gasteiger partial charge in [0, 0.05) is 52.8 Å². The fraction of sp³-hybridized carbons (Fsp3) is 0.519. The highest BCUT2D eigenvalue weighted by Gasteiger charge is 2.50. The van der Waals surface area contributed by atoms with Crippen molar-refractivity contribution in [3.05, 3.63) is 58.5 Å². The number of hydrogen-bond acceptors (Lipinski definition) is 12. The summed E-state index contributed by atoms with van der Waals surface area (Å²) < 4.78 is 19.9. The van der Waals surface area contributed by atoms with Crippen molar-refractivity contribution in [3.63, 3.8) is 0 Å². The van der Waals surface area contributed by atoms with Gasteiger partial charge in [-0.05, 0) is 96.4 Å². The molecule has 0 amide bonds. The van der Waals surface area contributed by atoms with Gasteiger partial charge in [-0.15, -0.1) is 45.3 Å². The lowest BCUT2D eigenvalue weighted by atomic mass is 10.0. The highest BCUT2D eigenvalue weighted by atomic mass is 32.1. The first-order chi connectivity index (χ1) is 32.9. The number of aromatic nitrogens is 6. The average Bonchev–Trinajstić information content (AvgIpc) is 4.22. The van der Waals surface area contributed by atoms with Crippen LogP contribution in [0.2, 0.25) is 12.1 Å². The van der Waals surface area contributed by atoms with Crippen LogP contribution in [-0.2, 0) is 12.8 Å². The van der Waals surface area contributed by atoms with Crippen LogP contribution >= 0.6 is 68.8 Å².